The Morgan fingerprint density at radius 2 is 2.00 bits per heavy atom. The molecule has 4 aliphatic rings. The Labute approximate surface area is 227 Å². The molecule has 3 aliphatic heterocycles. The SMILES string of the molecule is COc1cccc(NC(=O)C2C3CCC4(O3)C2C(=O)N(Cc2cccs2)C4C(=O)NC2CCCCC2C)c1. The molecule has 2 bridgehead atoms. The highest BCUT2D eigenvalue weighted by Crippen LogP contribution is 2.58. The van der Waals surface area contributed by atoms with Crippen molar-refractivity contribution in [2.75, 3.05) is 12.4 Å². The Bertz CT molecular complexity index is 1220. The minimum absolute atomic E-state index is 0.0937. The summed E-state index contributed by atoms with van der Waals surface area (Å²) in [6.45, 7) is 2.52. The van der Waals surface area contributed by atoms with Crippen molar-refractivity contribution < 1.29 is 23.9 Å². The second kappa shape index (κ2) is 10.0. The predicted molar refractivity (Wildman–Crippen MR) is 144 cm³/mol. The molecule has 3 amide bonds. The fourth-order valence-corrected chi connectivity index (χ4v) is 7.92. The van der Waals surface area contributed by atoms with E-state index >= 15 is 0 Å². The Balaban J connectivity index is 1.30. The minimum atomic E-state index is -0.989. The normalized spacial score (nSPS) is 33.7. The first-order valence-electron chi connectivity index (χ1n) is 13.7. The zero-order valence-electron chi connectivity index (χ0n) is 21.9. The standard InChI is InChI=1S/C29H35N3O5S/c1-17-7-3-4-11-21(17)31-27(34)25-29-13-12-22(37-29)23(26(33)30-18-8-5-9-19(15-18)36-2)24(29)28(35)32(25)16-20-10-6-14-38-20/h5-6,8-10,14-15,17,21-25H,3-4,7,11-13,16H2,1-2H3,(H,30,33)(H,31,34). The number of nitrogens with one attached hydrogen (secondary N) is 2. The van der Waals surface area contributed by atoms with Crippen molar-refractivity contribution >= 4 is 34.7 Å². The van der Waals surface area contributed by atoms with E-state index in [2.05, 4.69) is 17.6 Å². The number of nitrogens with zero attached hydrogens (tertiary/aromatic N) is 1. The van der Waals surface area contributed by atoms with Crippen LogP contribution in [0.4, 0.5) is 5.69 Å². The second-order valence-corrected chi connectivity index (χ2v) is 12.2. The van der Waals surface area contributed by atoms with E-state index < -0.39 is 23.5 Å². The van der Waals surface area contributed by atoms with E-state index in [1.54, 1.807) is 35.5 Å². The number of hydrogen-bond acceptors (Lipinski definition) is 6. The van der Waals surface area contributed by atoms with E-state index in [0.717, 1.165) is 24.1 Å². The van der Waals surface area contributed by atoms with Crippen LogP contribution in [0.2, 0.25) is 0 Å². The van der Waals surface area contributed by atoms with Crippen LogP contribution in [-0.2, 0) is 25.7 Å². The number of ether oxygens (including phenoxy) is 2. The van der Waals surface area contributed by atoms with Gasteiger partial charge in [-0.15, -0.1) is 11.3 Å². The van der Waals surface area contributed by atoms with Crippen molar-refractivity contribution in [2.45, 2.75) is 75.8 Å². The summed E-state index contributed by atoms with van der Waals surface area (Å²) in [7, 11) is 1.58. The number of amides is 3. The average molecular weight is 538 g/mol. The molecular formula is C29H35N3O5S. The molecule has 0 radical (unpaired) electrons. The van der Waals surface area contributed by atoms with Crippen LogP contribution in [0.15, 0.2) is 41.8 Å². The zero-order chi connectivity index (χ0) is 26.4. The highest BCUT2D eigenvalue weighted by Gasteiger charge is 2.74. The average Bonchev–Trinajstić information content (AvgIpc) is 3.69. The number of anilines is 1. The number of carbonyl (C=O) groups excluding carboxylic acids is 3. The van der Waals surface area contributed by atoms with E-state index in [0.29, 0.717) is 36.7 Å². The smallest absolute Gasteiger partial charge is 0.246 e. The highest BCUT2D eigenvalue weighted by molar-refractivity contribution is 7.09. The van der Waals surface area contributed by atoms with Gasteiger partial charge in [0.1, 0.15) is 17.4 Å². The van der Waals surface area contributed by atoms with Crippen molar-refractivity contribution in [2.24, 2.45) is 17.8 Å². The number of methoxy groups -OCH3 is 1. The molecular weight excluding hydrogens is 502 g/mol. The largest absolute Gasteiger partial charge is 0.497 e. The van der Waals surface area contributed by atoms with Gasteiger partial charge in [-0.05, 0) is 55.2 Å². The van der Waals surface area contributed by atoms with E-state index in [1.807, 2.05) is 29.6 Å². The van der Waals surface area contributed by atoms with Crippen LogP contribution >= 0.6 is 11.3 Å². The third-order valence-corrected chi connectivity index (χ3v) is 9.90. The first kappa shape index (κ1) is 25.4. The molecule has 38 heavy (non-hydrogen) atoms. The molecule has 3 saturated heterocycles. The zero-order valence-corrected chi connectivity index (χ0v) is 22.7. The first-order chi connectivity index (χ1) is 18.4. The van der Waals surface area contributed by atoms with E-state index in [-0.39, 0.29) is 29.9 Å². The van der Waals surface area contributed by atoms with Gasteiger partial charge < -0.3 is 25.0 Å². The minimum Gasteiger partial charge on any atom is -0.497 e. The molecule has 1 aromatic heterocycles. The van der Waals surface area contributed by atoms with Gasteiger partial charge in [-0.2, -0.15) is 0 Å². The summed E-state index contributed by atoms with van der Waals surface area (Å²) in [6, 6.07) is 10.4. The van der Waals surface area contributed by atoms with Crippen LogP contribution in [0.25, 0.3) is 0 Å². The topological polar surface area (TPSA) is 97.0 Å². The summed E-state index contributed by atoms with van der Waals surface area (Å²) in [5, 5.41) is 8.26. The van der Waals surface area contributed by atoms with Gasteiger partial charge in [-0.1, -0.05) is 31.9 Å². The van der Waals surface area contributed by atoms with E-state index in [4.69, 9.17) is 9.47 Å². The molecule has 4 heterocycles. The maximum atomic E-state index is 14.1. The van der Waals surface area contributed by atoms with E-state index in [1.165, 1.54) is 6.42 Å². The van der Waals surface area contributed by atoms with E-state index in [9.17, 15) is 14.4 Å². The lowest BCUT2D eigenvalue weighted by atomic mass is 9.70. The van der Waals surface area contributed by atoms with Crippen molar-refractivity contribution in [3.05, 3.63) is 46.7 Å². The van der Waals surface area contributed by atoms with Gasteiger partial charge in [-0.3, -0.25) is 14.4 Å². The first-order valence-corrected chi connectivity index (χ1v) is 14.6. The maximum Gasteiger partial charge on any atom is 0.246 e. The van der Waals surface area contributed by atoms with Crippen LogP contribution < -0.4 is 15.4 Å². The highest BCUT2D eigenvalue weighted by atomic mass is 32.1. The fourth-order valence-electron chi connectivity index (χ4n) is 7.21. The summed E-state index contributed by atoms with van der Waals surface area (Å²) in [5.74, 6) is -0.872. The van der Waals surface area contributed by atoms with Crippen LogP contribution in [0.5, 0.6) is 5.75 Å². The Morgan fingerprint density at radius 3 is 2.76 bits per heavy atom. The number of fused-ring (bicyclic) bond motifs is 1. The number of thiophene rings is 1. The summed E-state index contributed by atoms with van der Waals surface area (Å²) >= 11 is 1.56. The third kappa shape index (κ3) is 4.20. The van der Waals surface area contributed by atoms with Crippen molar-refractivity contribution in [3.8, 4) is 5.75 Å². The molecule has 9 heteroatoms. The lowest BCUT2D eigenvalue weighted by molar-refractivity contribution is -0.142. The molecule has 1 aliphatic carbocycles. The second-order valence-electron chi connectivity index (χ2n) is 11.2. The van der Waals surface area contributed by atoms with Crippen LogP contribution in [0.3, 0.4) is 0 Å². The van der Waals surface area contributed by atoms with Crippen LogP contribution in [0, 0.1) is 17.8 Å². The molecule has 202 valence electrons. The molecule has 6 rings (SSSR count). The fraction of sp³-hybridized carbons (Fsp3) is 0.552. The number of rotatable bonds is 7. The summed E-state index contributed by atoms with van der Waals surface area (Å²) in [4.78, 5) is 44.5. The van der Waals surface area contributed by atoms with Crippen molar-refractivity contribution in [3.63, 3.8) is 0 Å². The van der Waals surface area contributed by atoms with Crippen LogP contribution in [-0.4, -0.2) is 53.5 Å². The molecule has 7 atom stereocenters. The summed E-state index contributed by atoms with van der Waals surface area (Å²) in [5.41, 5.74) is -0.384. The monoisotopic (exact) mass is 537 g/mol. The molecule has 1 spiro atoms. The maximum absolute atomic E-state index is 14.1. The molecule has 1 saturated carbocycles. The molecule has 2 N–H and O–H groups in total. The Kier molecular flexibility index (Phi) is 6.68. The number of carbonyl (C=O) groups is 3. The quantitative estimate of drug-likeness (QED) is 0.557. The van der Waals surface area contributed by atoms with Crippen molar-refractivity contribution in [1.82, 2.24) is 10.2 Å². The number of hydrogen-bond donors (Lipinski definition) is 2. The van der Waals surface area contributed by atoms with Gasteiger partial charge in [-0.25, -0.2) is 0 Å². The van der Waals surface area contributed by atoms with Gasteiger partial charge in [0.15, 0.2) is 0 Å². The van der Waals surface area contributed by atoms with Gasteiger partial charge in [0, 0.05) is 22.7 Å². The lowest BCUT2D eigenvalue weighted by Crippen LogP contribution is -2.57. The molecule has 8 nitrogen and oxygen atoms in total. The van der Waals surface area contributed by atoms with Gasteiger partial charge in [0.2, 0.25) is 17.7 Å². The number of likely N-dealkylation sites (tertiary alicyclic amines) is 1. The summed E-state index contributed by atoms with van der Waals surface area (Å²) < 4.78 is 11.9. The Hall–Kier alpha value is -2.91. The third-order valence-electron chi connectivity index (χ3n) is 9.03. The van der Waals surface area contributed by atoms with Gasteiger partial charge in [0.05, 0.1) is 31.6 Å². The predicted octanol–water partition coefficient (Wildman–Crippen LogP) is 3.96. The van der Waals surface area contributed by atoms with Crippen molar-refractivity contribution in [1.29, 1.82) is 0 Å². The molecule has 2 aromatic rings. The number of benzene rings is 1. The van der Waals surface area contributed by atoms with Gasteiger partial charge in [0.25, 0.3) is 0 Å². The molecule has 4 fully saturated rings. The lowest BCUT2D eigenvalue weighted by Gasteiger charge is -2.36. The molecule has 1 aromatic carbocycles. The Morgan fingerprint density at radius 1 is 1.16 bits per heavy atom. The van der Waals surface area contributed by atoms with Crippen LogP contribution in [0.1, 0.15) is 50.3 Å². The molecule has 7 unspecified atom stereocenters. The van der Waals surface area contributed by atoms with Gasteiger partial charge >= 0.3 is 0 Å². The summed E-state index contributed by atoms with van der Waals surface area (Å²) in [6.07, 6.45) is 5.17.